The fraction of sp³-hybridized carbons (Fsp3) is 0.222. The van der Waals surface area contributed by atoms with Gasteiger partial charge in [0.15, 0.2) is 6.10 Å². The van der Waals surface area contributed by atoms with Crippen molar-refractivity contribution >= 4 is 29.1 Å². The SMILES string of the molecule is O=C1C[C@@H](CNC(=O)[C@H](O)c2ccccc2Cl)c2ccccc2N1. The summed E-state index contributed by atoms with van der Waals surface area (Å²) >= 11 is 6.01. The molecule has 0 saturated carbocycles. The van der Waals surface area contributed by atoms with Crippen LogP contribution in [0.5, 0.6) is 0 Å². The van der Waals surface area contributed by atoms with Gasteiger partial charge < -0.3 is 15.7 Å². The van der Waals surface area contributed by atoms with Gasteiger partial charge in [-0.2, -0.15) is 0 Å². The molecular weight excluding hydrogens is 328 g/mol. The Balaban J connectivity index is 1.69. The molecule has 1 aliphatic rings. The molecule has 1 aliphatic heterocycles. The van der Waals surface area contributed by atoms with Crippen molar-refractivity contribution < 1.29 is 14.7 Å². The lowest BCUT2D eigenvalue weighted by Gasteiger charge is -2.26. The molecule has 6 heteroatoms. The van der Waals surface area contributed by atoms with Crippen molar-refractivity contribution in [2.24, 2.45) is 0 Å². The lowest BCUT2D eigenvalue weighted by molar-refractivity contribution is -0.130. The van der Waals surface area contributed by atoms with Crippen molar-refractivity contribution in [1.29, 1.82) is 0 Å². The van der Waals surface area contributed by atoms with Crippen molar-refractivity contribution in [1.82, 2.24) is 5.32 Å². The number of benzene rings is 2. The molecule has 3 rings (SSSR count). The van der Waals surface area contributed by atoms with Crippen LogP contribution in [-0.2, 0) is 9.59 Å². The Morgan fingerprint density at radius 2 is 1.96 bits per heavy atom. The Bertz CT molecular complexity index is 778. The number of nitrogens with one attached hydrogen (secondary N) is 2. The molecule has 0 unspecified atom stereocenters. The van der Waals surface area contributed by atoms with Gasteiger partial charge in [0.05, 0.1) is 0 Å². The zero-order chi connectivity index (χ0) is 17.1. The van der Waals surface area contributed by atoms with E-state index in [1.54, 1.807) is 24.3 Å². The normalized spacial score (nSPS) is 17.6. The third-order valence-electron chi connectivity index (χ3n) is 4.08. The van der Waals surface area contributed by atoms with E-state index >= 15 is 0 Å². The third-order valence-corrected chi connectivity index (χ3v) is 4.42. The first kappa shape index (κ1) is 16.5. The molecule has 0 fully saturated rings. The van der Waals surface area contributed by atoms with Crippen LogP contribution in [0.4, 0.5) is 5.69 Å². The van der Waals surface area contributed by atoms with Crippen LogP contribution in [0.25, 0.3) is 0 Å². The number of para-hydroxylation sites is 1. The minimum atomic E-state index is -1.34. The van der Waals surface area contributed by atoms with Crippen LogP contribution in [-0.4, -0.2) is 23.5 Å². The number of amides is 2. The number of hydrogen-bond donors (Lipinski definition) is 3. The van der Waals surface area contributed by atoms with Crippen molar-refractivity contribution in [3.05, 3.63) is 64.7 Å². The van der Waals surface area contributed by atoms with Crippen LogP contribution in [0.2, 0.25) is 5.02 Å². The molecule has 0 saturated heterocycles. The third kappa shape index (κ3) is 3.42. The molecule has 5 nitrogen and oxygen atoms in total. The van der Waals surface area contributed by atoms with Crippen LogP contribution < -0.4 is 10.6 Å². The Morgan fingerprint density at radius 1 is 1.25 bits per heavy atom. The van der Waals surface area contributed by atoms with E-state index in [1.807, 2.05) is 24.3 Å². The summed E-state index contributed by atoms with van der Waals surface area (Å²) < 4.78 is 0. The highest BCUT2D eigenvalue weighted by atomic mass is 35.5. The van der Waals surface area contributed by atoms with Gasteiger partial charge in [-0.05, 0) is 17.7 Å². The highest BCUT2D eigenvalue weighted by Gasteiger charge is 2.26. The van der Waals surface area contributed by atoms with E-state index in [0.717, 1.165) is 11.3 Å². The standard InChI is InChI=1S/C18H17ClN2O3/c19-14-7-3-1-6-13(14)17(23)18(24)20-10-11-9-16(22)21-15-8-4-2-5-12(11)15/h1-8,11,17,23H,9-10H2,(H,20,24)(H,21,22)/t11-,17+/m0/s1. The molecule has 0 radical (unpaired) electrons. The van der Waals surface area contributed by atoms with Gasteiger partial charge in [-0.3, -0.25) is 9.59 Å². The molecule has 2 atom stereocenters. The van der Waals surface area contributed by atoms with Gasteiger partial charge in [0.1, 0.15) is 0 Å². The smallest absolute Gasteiger partial charge is 0.253 e. The number of carbonyl (C=O) groups excluding carboxylic acids is 2. The first-order valence-electron chi connectivity index (χ1n) is 7.65. The van der Waals surface area contributed by atoms with E-state index < -0.39 is 12.0 Å². The lowest BCUT2D eigenvalue weighted by atomic mass is 9.90. The average Bonchev–Trinajstić information content (AvgIpc) is 2.59. The summed E-state index contributed by atoms with van der Waals surface area (Å²) in [5.74, 6) is -0.747. The molecule has 124 valence electrons. The summed E-state index contributed by atoms with van der Waals surface area (Å²) in [5.41, 5.74) is 2.10. The Kier molecular flexibility index (Phi) is 4.83. The van der Waals surface area contributed by atoms with E-state index in [9.17, 15) is 14.7 Å². The molecule has 2 aromatic carbocycles. The van der Waals surface area contributed by atoms with Crippen LogP contribution in [0, 0.1) is 0 Å². The van der Waals surface area contributed by atoms with Gasteiger partial charge in [-0.25, -0.2) is 0 Å². The van der Waals surface area contributed by atoms with Gasteiger partial charge in [0, 0.05) is 35.2 Å². The number of rotatable bonds is 4. The van der Waals surface area contributed by atoms with E-state index in [4.69, 9.17) is 11.6 Å². The number of aliphatic hydroxyl groups is 1. The number of hydrogen-bond acceptors (Lipinski definition) is 3. The van der Waals surface area contributed by atoms with Gasteiger partial charge in [-0.15, -0.1) is 0 Å². The highest BCUT2D eigenvalue weighted by molar-refractivity contribution is 6.31. The number of anilines is 1. The van der Waals surface area contributed by atoms with E-state index in [-0.39, 0.29) is 18.4 Å². The summed E-state index contributed by atoms with van der Waals surface area (Å²) in [6.45, 7) is 0.269. The van der Waals surface area contributed by atoms with Crippen LogP contribution in [0.1, 0.15) is 29.6 Å². The van der Waals surface area contributed by atoms with Gasteiger partial charge in [-0.1, -0.05) is 48.0 Å². The molecule has 0 spiro atoms. The Labute approximate surface area is 144 Å². The van der Waals surface area contributed by atoms with Gasteiger partial charge in [0.25, 0.3) is 5.91 Å². The quantitative estimate of drug-likeness (QED) is 0.797. The number of aliphatic hydroxyl groups excluding tert-OH is 1. The Morgan fingerprint density at radius 3 is 2.75 bits per heavy atom. The lowest BCUT2D eigenvalue weighted by Crippen LogP contribution is -2.35. The zero-order valence-electron chi connectivity index (χ0n) is 12.8. The second kappa shape index (κ2) is 7.03. The Hall–Kier alpha value is -2.37. The number of fused-ring (bicyclic) bond motifs is 1. The monoisotopic (exact) mass is 344 g/mol. The zero-order valence-corrected chi connectivity index (χ0v) is 13.6. The number of halogens is 1. The van der Waals surface area contributed by atoms with Crippen LogP contribution in [0.15, 0.2) is 48.5 Å². The average molecular weight is 345 g/mol. The second-order valence-corrected chi connectivity index (χ2v) is 6.11. The molecule has 24 heavy (non-hydrogen) atoms. The largest absolute Gasteiger partial charge is 0.378 e. The highest BCUT2D eigenvalue weighted by Crippen LogP contribution is 2.31. The van der Waals surface area contributed by atoms with E-state index in [0.29, 0.717) is 17.0 Å². The summed E-state index contributed by atoms with van der Waals surface area (Å²) in [6, 6.07) is 14.2. The van der Waals surface area contributed by atoms with Crippen LogP contribution >= 0.6 is 11.6 Å². The molecule has 1 heterocycles. The van der Waals surface area contributed by atoms with Crippen molar-refractivity contribution in [2.45, 2.75) is 18.4 Å². The molecule has 0 aliphatic carbocycles. The number of carbonyl (C=O) groups is 2. The second-order valence-electron chi connectivity index (χ2n) is 5.71. The molecule has 0 aromatic heterocycles. The van der Waals surface area contributed by atoms with Crippen LogP contribution in [0.3, 0.4) is 0 Å². The van der Waals surface area contributed by atoms with Crippen molar-refractivity contribution in [3.63, 3.8) is 0 Å². The summed E-state index contributed by atoms with van der Waals surface area (Å²) in [6.07, 6.45) is -1.05. The molecule has 0 bridgehead atoms. The molecule has 2 amide bonds. The molecule has 2 aromatic rings. The first-order chi connectivity index (χ1) is 11.6. The maximum absolute atomic E-state index is 12.2. The van der Waals surface area contributed by atoms with E-state index in [2.05, 4.69) is 10.6 Å². The van der Waals surface area contributed by atoms with Crippen molar-refractivity contribution in [3.8, 4) is 0 Å². The maximum Gasteiger partial charge on any atom is 0.253 e. The molecular formula is C18H17ClN2O3. The maximum atomic E-state index is 12.2. The minimum Gasteiger partial charge on any atom is -0.378 e. The first-order valence-corrected chi connectivity index (χ1v) is 8.03. The summed E-state index contributed by atoms with van der Waals surface area (Å²) in [4.78, 5) is 24.0. The summed E-state index contributed by atoms with van der Waals surface area (Å²) in [7, 11) is 0. The predicted octanol–water partition coefficient (Wildman–Crippen LogP) is 2.62. The van der Waals surface area contributed by atoms with Gasteiger partial charge in [0.2, 0.25) is 5.91 Å². The van der Waals surface area contributed by atoms with E-state index in [1.165, 1.54) is 0 Å². The summed E-state index contributed by atoms with van der Waals surface area (Å²) in [5, 5.41) is 16.0. The van der Waals surface area contributed by atoms with Crippen molar-refractivity contribution in [2.75, 3.05) is 11.9 Å². The fourth-order valence-electron chi connectivity index (χ4n) is 2.84. The molecule has 3 N–H and O–H groups in total. The topological polar surface area (TPSA) is 78.4 Å². The van der Waals surface area contributed by atoms with Gasteiger partial charge >= 0.3 is 0 Å². The fourth-order valence-corrected chi connectivity index (χ4v) is 3.08. The minimum absolute atomic E-state index is 0.0837. The predicted molar refractivity (Wildman–Crippen MR) is 91.9 cm³/mol.